The zero-order valence-corrected chi connectivity index (χ0v) is 8.22. The highest BCUT2D eigenvalue weighted by molar-refractivity contribution is 4.96. The van der Waals surface area contributed by atoms with Gasteiger partial charge in [-0.15, -0.1) is 5.92 Å². The molecule has 0 aromatic rings. The van der Waals surface area contributed by atoms with E-state index >= 15 is 0 Å². The van der Waals surface area contributed by atoms with Crippen LogP contribution in [0.5, 0.6) is 0 Å². The zero-order chi connectivity index (χ0) is 9.40. The van der Waals surface area contributed by atoms with Crippen LogP contribution in [0.15, 0.2) is 0 Å². The van der Waals surface area contributed by atoms with E-state index in [1.165, 1.54) is 0 Å². The van der Waals surface area contributed by atoms with Gasteiger partial charge in [0.1, 0.15) is 0 Å². The van der Waals surface area contributed by atoms with E-state index in [1.54, 1.807) is 0 Å². The number of aliphatic hydroxyl groups is 1. The molecule has 0 aromatic carbocycles. The first-order valence-electron chi connectivity index (χ1n) is 4.45. The van der Waals surface area contributed by atoms with Crippen LogP contribution < -0.4 is 5.32 Å². The topological polar surface area (TPSA) is 32.3 Å². The van der Waals surface area contributed by atoms with Crippen LogP contribution in [0.1, 0.15) is 27.2 Å². The summed E-state index contributed by atoms with van der Waals surface area (Å²) in [6, 6.07) is 0. The van der Waals surface area contributed by atoms with Gasteiger partial charge in [-0.05, 0) is 19.3 Å². The summed E-state index contributed by atoms with van der Waals surface area (Å²) in [5.74, 6) is 6.23. The first kappa shape index (κ1) is 11.5. The largest absolute Gasteiger partial charge is 0.392 e. The van der Waals surface area contributed by atoms with E-state index in [0.717, 1.165) is 6.42 Å². The standard InChI is InChI=1S/C10H19NO/c1-4-5-6-11-8-10(12)7-9(2)3/h9-12H,6-8H2,1-3H3. The second-order valence-electron chi connectivity index (χ2n) is 3.34. The molecule has 2 heteroatoms. The lowest BCUT2D eigenvalue weighted by Gasteiger charge is -2.12. The summed E-state index contributed by atoms with van der Waals surface area (Å²) in [5.41, 5.74) is 0. The average molecular weight is 169 g/mol. The van der Waals surface area contributed by atoms with Crippen molar-refractivity contribution in [3.8, 4) is 11.8 Å². The Morgan fingerprint density at radius 1 is 1.42 bits per heavy atom. The van der Waals surface area contributed by atoms with Crippen LogP contribution in [0.3, 0.4) is 0 Å². The fourth-order valence-electron chi connectivity index (χ4n) is 1.02. The first-order valence-corrected chi connectivity index (χ1v) is 4.45. The van der Waals surface area contributed by atoms with E-state index in [4.69, 9.17) is 0 Å². The molecule has 0 rings (SSSR count). The van der Waals surface area contributed by atoms with Crippen molar-refractivity contribution in [1.29, 1.82) is 0 Å². The third-order valence-corrected chi connectivity index (χ3v) is 1.51. The zero-order valence-electron chi connectivity index (χ0n) is 8.22. The Kier molecular flexibility index (Phi) is 6.84. The van der Waals surface area contributed by atoms with Crippen molar-refractivity contribution >= 4 is 0 Å². The number of hydrogen-bond donors (Lipinski definition) is 2. The van der Waals surface area contributed by atoms with Gasteiger partial charge in [-0.25, -0.2) is 0 Å². The average Bonchev–Trinajstić information content (AvgIpc) is 1.97. The molecule has 1 atom stereocenters. The number of hydrogen-bond acceptors (Lipinski definition) is 2. The lowest BCUT2D eigenvalue weighted by molar-refractivity contribution is 0.148. The fraction of sp³-hybridized carbons (Fsp3) is 0.800. The van der Waals surface area contributed by atoms with Gasteiger partial charge in [0.2, 0.25) is 0 Å². The third-order valence-electron chi connectivity index (χ3n) is 1.51. The normalized spacial score (nSPS) is 12.4. The van der Waals surface area contributed by atoms with Gasteiger partial charge in [-0.2, -0.15) is 0 Å². The quantitative estimate of drug-likeness (QED) is 0.475. The molecule has 0 heterocycles. The van der Waals surface area contributed by atoms with E-state index in [9.17, 15) is 5.11 Å². The molecule has 0 aliphatic rings. The second-order valence-corrected chi connectivity index (χ2v) is 3.34. The molecule has 0 saturated carbocycles. The Bertz CT molecular complexity index is 155. The summed E-state index contributed by atoms with van der Waals surface area (Å²) in [6.07, 6.45) is 0.621. The van der Waals surface area contributed by atoms with Gasteiger partial charge in [-0.1, -0.05) is 19.8 Å². The lowest BCUT2D eigenvalue weighted by Crippen LogP contribution is -2.28. The third kappa shape index (κ3) is 7.59. The smallest absolute Gasteiger partial charge is 0.0667 e. The minimum absolute atomic E-state index is 0.233. The Hall–Kier alpha value is -0.520. The Morgan fingerprint density at radius 2 is 2.08 bits per heavy atom. The summed E-state index contributed by atoms with van der Waals surface area (Å²) in [7, 11) is 0. The van der Waals surface area contributed by atoms with Crippen molar-refractivity contribution in [3.63, 3.8) is 0 Å². The van der Waals surface area contributed by atoms with Gasteiger partial charge in [0.15, 0.2) is 0 Å². The van der Waals surface area contributed by atoms with Crippen LogP contribution in [-0.2, 0) is 0 Å². The number of nitrogens with one attached hydrogen (secondary N) is 1. The van der Waals surface area contributed by atoms with Gasteiger partial charge in [0.05, 0.1) is 12.6 Å². The minimum Gasteiger partial charge on any atom is -0.392 e. The van der Waals surface area contributed by atoms with E-state index < -0.39 is 0 Å². The summed E-state index contributed by atoms with van der Waals surface area (Å²) in [4.78, 5) is 0. The minimum atomic E-state index is -0.233. The van der Waals surface area contributed by atoms with Crippen molar-refractivity contribution in [2.24, 2.45) is 5.92 Å². The lowest BCUT2D eigenvalue weighted by atomic mass is 10.1. The predicted octanol–water partition coefficient (Wildman–Crippen LogP) is 1.01. The predicted molar refractivity (Wildman–Crippen MR) is 51.8 cm³/mol. The Labute approximate surface area is 75.4 Å². The van der Waals surface area contributed by atoms with E-state index in [0.29, 0.717) is 19.0 Å². The molecule has 2 N–H and O–H groups in total. The molecule has 0 saturated heterocycles. The van der Waals surface area contributed by atoms with Crippen LogP contribution in [0.4, 0.5) is 0 Å². The molecule has 70 valence electrons. The van der Waals surface area contributed by atoms with Crippen LogP contribution in [0.25, 0.3) is 0 Å². The second kappa shape index (κ2) is 7.15. The first-order chi connectivity index (χ1) is 5.66. The molecule has 0 fully saturated rings. The molecule has 0 aromatic heterocycles. The summed E-state index contributed by atoms with van der Waals surface area (Å²) >= 11 is 0. The highest BCUT2D eigenvalue weighted by Gasteiger charge is 2.04. The monoisotopic (exact) mass is 169 g/mol. The van der Waals surface area contributed by atoms with Crippen molar-refractivity contribution in [3.05, 3.63) is 0 Å². The maximum atomic E-state index is 9.41. The van der Waals surface area contributed by atoms with Crippen molar-refractivity contribution in [2.45, 2.75) is 33.3 Å². The number of rotatable bonds is 5. The Morgan fingerprint density at radius 3 is 2.58 bits per heavy atom. The molecule has 2 nitrogen and oxygen atoms in total. The molecular weight excluding hydrogens is 150 g/mol. The Balaban J connectivity index is 3.29. The van der Waals surface area contributed by atoms with Gasteiger partial charge in [-0.3, -0.25) is 0 Å². The molecule has 0 aliphatic heterocycles. The van der Waals surface area contributed by atoms with Crippen molar-refractivity contribution in [2.75, 3.05) is 13.1 Å². The van der Waals surface area contributed by atoms with Gasteiger partial charge >= 0.3 is 0 Å². The number of aliphatic hydroxyl groups excluding tert-OH is 1. The molecule has 0 spiro atoms. The van der Waals surface area contributed by atoms with Crippen molar-refractivity contribution < 1.29 is 5.11 Å². The van der Waals surface area contributed by atoms with Gasteiger partial charge in [0.25, 0.3) is 0 Å². The molecular formula is C10H19NO. The van der Waals surface area contributed by atoms with Crippen LogP contribution in [0, 0.1) is 17.8 Å². The van der Waals surface area contributed by atoms with Crippen LogP contribution >= 0.6 is 0 Å². The fourth-order valence-corrected chi connectivity index (χ4v) is 1.02. The molecule has 0 radical (unpaired) electrons. The maximum Gasteiger partial charge on any atom is 0.0667 e. The summed E-state index contributed by atoms with van der Waals surface area (Å²) in [6.45, 7) is 7.34. The van der Waals surface area contributed by atoms with Gasteiger partial charge in [0, 0.05) is 6.54 Å². The SMILES string of the molecule is CC#CCNCC(O)CC(C)C. The highest BCUT2D eigenvalue weighted by atomic mass is 16.3. The molecule has 0 bridgehead atoms. The van der Waals surface area contributed by atoms with E-state index in [1.807, 2.05) is 6.92 Å². The maximum absolute atomic E-state index is 9.41. The highest BCUT2D eigenvalue weighted by Crippen LogP contribution is 2.02. The van der Waals surface area contributed by atoms with E-state index in [-0.39, 0.29) is 6.10 Å². The molecule has 12 heavy (non-hydrogen) atoms. The molecule has 1 unspecified atom stereocenters. The van der Waals surface area contributed by atoms with Crippen molar-refractivity contribution in [1.82, 2.24) is 5.32 Å². The molecule has 0 aliphatic carbocycles. The summed E-state index contributed by atoms with van der Waals surface area (Å²) in [5, 5.41) is 12.5. The molecule has 0 amide bonds. The van der Waals surface area contributed by atoms with Crippen LogP contribution in [-0.4, -0.2) is 24.3 Å². The van der Waals surface area contributed by atoms with Gasteiger partial charge < -0.3 is 10.4 Å². The summed E-state index contributed by atoms with van der Waals surface area (Å²) < 4.78 is 0. The van der Waals surface area contributed by atoms with E-state index in [2.05, 4.69) is 31.0 Å². The van der Waals surface area contributed by atoms with Crippen LogP contribution in [0.2, 0.25) is 0 Å².